The van der Waals surface area contributed by atoms with Gasteiger partial charge in [-0.3, -0.25) is 0 Å². The van der Waals surface area contributed by atoms with Crippen LogP contribution in [0.5, 0.6) is 5.75 Å². The zero-order valence-corrected chi connectivity index (χ0v) is 14.9. The fourth-order valence-corrected chi connectivity index (χ4v) is 4.23. The van der Waals surface area contributed by atoms with Crippen LogP contribution in [0.4, 0.5) is 0 Å². The molecule has 2 atom stereocenters. The molecule has 3 rings (SSSR count). The summed E-state index contributed by atoms with van der Waals surface area (Å²) in [6, 6.07) is 8.31. The van der Waals surface area contributed by atoms with Crippen LogP contribution >= 0.6 is 0 Å². The first kappa shape index (κ1) is 16.2. The highest BCUT2D eigenvalue weighted by Gasteiger charge is 2.41. The number of nitrogens with zero attached hydrogens (tertiary/aromatic N) is 1. The van der Waals surface area contributed by atoms with Crippen molar-refractivity contribution in [1.29, 1.82) is 0 Å². The molecular weight excluding hydrogens is 282 g/mol. The second-order valence-electron chi connectivity index (χ2n) is 7.67. The van der Waals surface area contributed by atoms with Crippen molar-refractivity contribution in [1.82, 2.24) is 4.90 Å². The second kappa shape index (κ2) is 6.43. The van der Waals surface area contributed by atoms with Crippen molar-refractivity contribution in [3.8, 4) is 5.75 Å². The molecule has 0 aromatic heterocycles. The summed E-state index contributed by atoms with van der Waals surface area (Å²) in [5, 5.41) is 0. The molecule has 23 heavy (non-hydrogen) atoms. The summed E-state index contributed by atoms with van der Waals surface area (Å²) in [6.07, 6.45) is 9.27. The van der Waals surface area contributed by atoms with Crippen molar-refractivity contribution in [3.63, 3.8) is 0 Å². The third-order valence-electron chi connectivity index (χ3n) is 5.30. The van der Waals surface area contributed by atoms with Crippen LogP contribution < -0.4 is 4.74 Å². The monoisotopic (exact) mass is 311 g/mol. The van der Waals surface area contributed by atoms with Gasteiger partial charge < -0.3 is 9.64 Å². The molecule has 1 heterocycles. The molecule has 2 heteroatoms. The molecular formula is C21H29NO. The van der Waals surface area contributed by atoms with Gasteiger partial charge in [0.15, 0.2) is 0 Å². The van der Waals surface area contributed by atoms with Gasteiger partial charge in [-0.05, 0) is 63.3 Å². The van der Waals surface area contributed by atoms with E-state index in [0.29, 0.717) is 5.92 Å². The van der Waals surface area contributed by atoms with E-state index < -0.39 is 0 Å². The number of aryl methyl sites for hydroxylation is 1. The molecule has 124 valence electrons. The summed E-state index contributed by atoms with van der Waals surface area (Å²) < 4.78 is 6.00. The summed E-state index contributed by atoms with van der Waals surface area (Å²) in [5.74, 6) is 2.39. The number of piperidine rings is 1. The van der Waals surface area contributed by atoms with Crippen molar-refractivity contribution < 1.29 is 4.74 Å². The van der Waals surface area contributed by atoms with E-state index in [1.165, 1.54) is 24.1 Å². The van der Waals surface area contributed by atoms with E-state index >= 15 is 0 Å². The standard InChI is InChI=1S/C21H29NO/c1-16-8-7-9-18(14-16)23-13-12-22-20-11-6-5-10-19(20)17(2)15-21(22,3)4/h5-9,11,14,17,19H,10,12-13,15H2,1-4H3. The van der Waals surface area contributed by atoms with E-state index in [1.54, 1.807) is 0 Å². The van der Waals surface area contributed by atoms with Crippen molar-refractivity contribution >= 4 is 0 Å². The third kappa shape index (κ3) is 3.46. The summed E-state index contributed by atoms with van der Waals surface area (Å²) in [4.78, 5) is 2.58. The highest BCUT2D eigenvalue weighted by molar-refractivity contribution is 5.28. The fraction of sp³-hybridized carbons (Fsp3) is 0.524. The smallest absolute Gasteiger partial charge is 0.119 e. The lowest BCUT2D eigenvalue weighted by Gasteiger charge is -2.52. The first-order chi connectivity index (χ1) is 11.0. The predicted molar refractivity (Wildman–Crippen MR) is 96.6 cm³/mol. The molecule has 2 nitrogen and oxygen atoms in total. The van der Waals surface area contributed by atoms with Gasteiger partial charge in [-0.1, -0.05) is 31.2 Å². The number of ether oxygens (including phenoxy) is 1. The normalized spacial score (nSPS) is 25.7. The van der Waals surface area contributed by atoms with E-state index in [0.717, 1.165) is 24.8 Å². The molecule has 1 aromatic rings. The first-order valence-corrected chi connectivity index (χ1v) is 8.81. The van der Waals surface area contributed by atoms with Gasteiger partial charge in [-0.2, -0.15) is 0 Å². The number of hydrogen-bond acceptors (Lipinski definition) is 2. The Hall–Kier alpha value is -1.70. The number of rotatable bonds is 4. The number of hydrogen-bond donors (Lipinski definition) is 0. The van der Waals surface area contributed by atoms with Crippen LogP contribution in [0.15, 0.2) is 48.2 Å². The molecule has 1 fully saturated rings. The van der Waals surface area contributed by atoms with E-state index in [4.69, 9.17) is 4.74 Å². The van der Waals surface area contributed by atoms with Crippen LogP contribution in [-0.4, -0.2) is 23.6 Å². The maximum absolute atomic E-state index is 6.00. The van der Waals surface area contributed by atoms with Gasteiger partial charge in [0, 0.05) is 17.2 Å². The zero-order valence-electron chi connectivity index (χ0n) is 14.9. The lowest BCUT2D eigenvalue weighted by molar-refractivity contribution is 0.0485. The Morgan fingerprint density at radius 1 is 1.30 bits per heavy atom. The molecule has 1 aromatic carbocycles. The Morgan fingerprint density at radius 3 is 2.91 bits per heavy atom. The van der Waals surface area contributed by atoms with Gasteiger partial charge in [0.05, 0.1) is 6.54 Å². The average Bonchev–Trinajstić information content (AvgIpc) is 2.50. The number of fused-ring (bicyclic) bond motifs is 1. The minimum atomic E-state index is 0.197. The van der Waals surface area contributed by atoms with Crippen molar-refractivity contribution in [2.75, 3.05) is 13.2 Å². The molecule has 0 amide bonds. The lowest BCUT2D eigenvalue weighted by atomic mass is 9.72. The fourth-order valence-electron chi connectivity index (χ4n) is 4.23. The molecule has 1 saturated heterocycles. The van der Waals surface area contributed by atoms with Crippen LogP contribution in [-0.2, 0) is 0 Å². The molecule has 0 radical (unpaired) electrons. The Balaban J connectivity index is 1.69. The minimum Gasteiger partial charge on any atom is -0.492 e. The Kier molecular flexibility index (Phi) is 4.52. The summed E-state index contributed by atoms with van der Waals surface area (Å²) in [7, 11) is 0. The first-order valence-electron chi connectivity index (χ1n) is 8.81. The van der Waals surface area contributed by atoms with E-state index in [9.17, 15) is 0 Å². The molecule has 0 N–H and O–H groups in total. The summed E-state index contributed by atoms with van der Waals surface area (Å²) >= 11 is 0. The Labute approximate surface area is 140 Å². The zero-order chi connectivity index (χ0) is 16.4. The van der Waals surface area contributed by atoms with Gasteiger partial charge in [0.1, 0.15) is 12.4 Å². The van der Waals surface area contributed by atoms with Crippen LogP contribution in [0.3, 0.4) is 0 Å². The lowest BCUT2D eigenvalue weighted by Crippen LogP contribution is -2.53. The predicted octanol–water partition coefficient (Wildman–Crippen LogP) is 4.95. The second-order valence-corrected chi connectivity index (χ2v) is 7.67. The Bertz CT molecular complexity index is 614. The quantitative estimate of drug-likeness (QED) is 0.779. The Morgan fingerprint density at radius 2 is 2.13 bits per heavy atom. The molecule has 0 spiro atoms. The number of allylic oxidation sites excluding steroid dienone is 4. The highest BCUT2D eigenvalue weighted by atomic mass is 16.5. The van der Waals surface area contributed by atoms with Gasteiger partial charge in [-0.15, -0.1) is 0 Å². The summed E-state index contributed by atoms with van der Waals surface area (Å²) in [6.45, 7) is 10.9. The number of benzene rings is 1. The van der Waals surface area contributed by atoms with Crippen molar-refractivity contribution in [2.45, 2.75) is 46.1 Å². The van der Waals surface area contributed by atoms with Crippen LogP contribution in [0.2, 0.25) is 0 Å². The van der Waals surface area contributed by atoms with Crippen molar-refractivity contribution in [3.05, 3.63) is 53.8 Å². The molecule has 1 aliphatic carbocycles. The number of likely N-dealkylation sites (tertiary alicyclic amines) is 1. The minimum absolute atomic E-state index is 0.197. The summed E-state index contributed by atoms with van der Waals surface area (Å²) in [5.41, 5.74) is 2.95. The molecule has 2 unspecified atom stereocenters. The molecule has 2 aliphatic rings. The molecule has 1 aliphatic heterocycles. The molecule has 0 saturated carbocycles. The van der Waals surface area contributed by atoms with E-state index in [2.05, 4.69) is 69.0 Å². The third-order valence-corrected chi connectivity index (χ3v) is 5.30. The van der Waals surface area contributed by atoms with Crippen molar-refractivity contribution in [2.24, 2.45) is 11.8 Å². The van der Waals surface area contributed by atoms with Gasteiger partial charge >= 0.3 is 0 Å². The van der Waals surface area contributed by atoms with E-state index in [-0.39, 0.29) is 5.54 Å². The topological polar surface area (TPSA) is 12.5 Å². The largest absolute Gasteiger partial charge is 0.492 e. The van der Waals surface area contributed by atoms with Crippen LogP contribution in [0.1, 0.15) is 39.2 Å². The average molecular weight is 311 g/mol. The molecule has 0 bridgehead atoms. The maximum atomic E-state index is 6.00. The van der Waals surface area contributed by atoms with E-state index in [1.807, 2.05) is 6.07 Å². The van der Waals surface area contributed by atoms with Gasteiger partial charge in [0.2, 0.25) is 0 Å². The maximum Gasteiger partial charge on any atom is 0.119 e. The van der Waals surface area contributed by atoms with Gasteiger partial charge in [-0.25, -0.2) is 0 Å². The van der Waals surface area contributed by atoms with Crippen LogP contribution in [0, 0.1) is 18.8 Å². The SMILES string of the molecule is Cc1cccc(OCCN2C3=CC=CCC3C(C)CC2(C)C)c1. The van der Waals surface area contributed by atoms with Gasteiger partial charge in [0.25, 0.3) is 0 Å². The highest BCUT2D eigenvalue weighted by Crippen LogP contribution is 2.44. The van der Waals surface area contributed by atoms with Crippen LogP contribution in [0.25, 0.3) is 0 Å².